The van der Waals surface area contributed by atoms with Crippen LogP contribution in [-0.2, 0) is 20.8 Å². The van der Waals surface area contributed by atoms with Gasteiger partial charge < -0.3 is 25.0 Å². The first kappa shape index (κ1) is 28.0. The van der Waals surface area contributed by atoms with E-state index in [1.54, 1.807) is 10.8 Å². The number of aromatic nitrogens is 2. The fourth-order valence-corrected chi connectivity index (χ4v) is 5.07. The second-order valence-electron chi connectivity index (χ2n) is 9.73. The van der Waals surface area contributed by atoms with E-state index < -0.39 is 12.3 Å². The molecule has 0 aliphatic carbocycles. The number of carbonyl (C=O) groups excluding carboxylic acids is 1. The van der Waals surface area contributed by atoms with Gasteiger partial charge in [-0.15, -0.1) is 0 Å². The van der Waals surface area contributed by atoms with E-state index in [2.05, 4.69) is 36.6 Å². The number of allylic oxidation sites excluding steroid dienone is 1. The zero-order valence-corrected chi connectivity index (χ0v) is 22.6. The summed E-state index contributed by atoms with van der Waals surface area (Å²) >= 11 is 0. The van der Waals surface area contributed by atoms with Crippen molar-refractivity contribution in [2.45, 2.75) is 19.3 Å². The highest BCUT2D eigenvalue weighted by Crippen LogP contribution is 2.17. The highest BCUT2D eigenvalue weighted by molar-refractivity contribution is 5.89. The lowest BCUT2D eigenvalue weighted by Gasteiger charge is -2.28. The van der Waals surface area contributed by atoms with Crippen LogP contribution in [0.5, 0.6) is 0 Å². The monoisotopic (exact) mass is 551 g/mol. The highest BCUT2D eigenvalue weighted by atomic mass is 16.5. The van der Waals surface area contributed by atoms with Gasteiger partial charge in [-0.05, 0) is 24.6 Å². The molecule has 1 aromatic heterocycles. The van der Waals surface area contributed by atoms with Gasteiger partial charge in [0.15, 0.2) is 0 Å². The van der Waals surface area contributed by atoms with Gasteiger partial charge in [0.1, 0.15) is 12.3 Å². The fourth-order valence-electron chi connectivity index (χ4n) is 5.07. The number of nitrogens with two attached hydrogens (primary N) is 1. The van der Waals surface area contributed by atoms with Gasteiger partial charge in [0.05, 0.1) is 29.6 Å². The third kappa shape index (κ3) is 6.77. The molecule has 0 bridgehead atoms. The van der Waals surface area contributed by atoms with Gasteiger partial charge in [0.2, 0.25) is 6.35 Å². The summed E-state index contributed by atoms with van der Waals surface area (Å²) in [7, 11) is 0. The van der Waals surface area contributed by atoms with Crippen LogP contribution in [0.25, 0.3) is 11.0 Å². The summed E-state index contributed by atoms with van der Waals surface area (Å²) in [4.78, 5) is 35.1. The van der Waals surface area contributed by atoms with Crippen molar-refractivity contribution in [3.8, 4) is 0 Å². The molecule has 3 aliphatic rings. The number of amides is 1. The van der Waals surface area contributed by atoms with Crippen molar-refractivity contribution < 1.29 is 14.3 Å². The normalized spacial score (nSPS) is 19.2. The maximum atomic E-state index is 13.6. The first-order valence-corrected chi connectivity index (χ1v) is 13.7. The minimum atomic E-state index is -1.05. The summed E-state index contributed by atoms with van der Waals surface area (Å²) in [5.41, 5.74) is 8.20. The molecule has 2 fully saturated rings. The van der Waals surface area contributed by atoms with Gasteiger partial charge in [-0.25, -0.2) is 10.2 Å². The Morgan fingerprint density at radius 1 is 1.15 bits per heavy atom. The Balaban J connectivity index is 1.28. The molecule has 13 nitrogen and oxygen atoms in total. The standard InChI is InChI=1S/C27H37N9O4/c28-32-26(40-20-25(37)31-21-18-22(6-7-30-19-21)34-11-8-29-9-12-34)36-24-5-2-1-4-23(24)35(27(36)38)14-13-33-10-3-16-39-17-15-33/h1-2,4-7,19,26,29,32H,3,8-17,20,28H2,(H,31,37). The van der Waals surface area contributed by atoms with E-state index in [1.165, 1.54) is 10.8 Å². The fraction of sp³-hybridized carbons (Fsp3) is 0.481. The van der Waals surface area contributed by atoms with Crippen molar-refractivity contribution in [3.63, 3.8) is 0 Å². The third-order valence-electron chi connectivity index (χ3n) is 7.09. The number of piperazine rings is 1. The molecule has 0 spiro atoms. The number of hydrogen-bond donors (Lipinski definition) is 4. The van der Waals surface area contributed by atoms with Crippen molar-refractivity contribution in [3.05, 3.63) is 64.2 Å². The second-order valence-corrected chi connectivity index (χ2v) is 9.73. The lowest BCUT2D eigenvalue weighted by Crippen LogP contribution is -2.42. The van der Waals surface area contributed by atoms with Crippen molar-refractivity contribution in [1.82, 2.24) is 35.0 Å². The number of carbonyl (C=O) groups is 1. The van der Waals surface area contributed by atoms with Crippen LogP contribution in [0.4, 0.5) is 0 Å². The van der Waals surface area contributed by atoms with E-state index in [0.717, 1.165) is 70.1 Å². The van der Waals surface area contributed by atoms with Gasteiger partial charge in [-0.2, -0.15) is 0 Å². The van der Waals surface area contributed by atoms with Crippen LogP contribution in [-0.4, -0.2) is 96.7 Å². The summed E-state index contributed by atoms with van der Waals surface area (Å²) in [6, 6.07) is 7.47. The van der Waals surface area contributed by atoms with Crippen LogP contribution in [0.1, 0.15) is 12.8 Å². The molecule has 1 atom stereocenters. The lowest BCUT2D eigenvalue weighted by atomic mass is 10.3. The molecule has 0 saturated carbocycles. The van der Waals surface area contributed by atoms with Crippen LogP contribution in [0.3, 0.4) is 0 Å². The number of aliphatic imine (C=N–C) groups is 1. The highest BCUT2D eigenvalue weighted by Gasteiger charge is 2.22. The molecule has 214 valence electrons. The number of imidazole rings is 1. The molecule has 5 rings (SSSR count). The molecule has 1 amide bonds. The van der Waals surface area contributed by atoms with E-state index in [0.29, 0.717) is 24.4 Å². The number of rotatable bonds is 10. The Bertz CT molecular complexity index is 1360. The minimum Gasteiger partial charge on any atom is -0.380 e. The molecule has 5 N–H and O–H groups in total. The number of para-hydroxylation sites is 2. The zero-order valence-electron chi connectivity index (χ0n) is 22.6. The zero-order chi connectivity index (χ0) is 27.7. The smallest absolute Gasteiger partial charge is 0.332 e. The summed E-state index contributed by atoms with van der Waals surface area (Å²) in [5.74, 6) is 5.39. The summed E-state index contributed by atoms with van der Waals surface area (Å²) in [6.07, 6.45) is 5.00. The molecule has 3 aliphatic heterocycles. The van der Waals surface area contributed by atoms with Crippen LogP contribution >= 0.6 is 0 Å². The number of nitrogens with one attached hydrogen (secondary N) is 3. The van der Waals surface area contributed by atoms with Crippen LogP contribution in [0, 0.1) is 0 Å². The van der Waals surface area contributed by atoms with E-state index in [9.17, 15) is 9.59 Å². The van der Waals surface area contributed by atoms with Gasteiger partial charge in [0.25, 0.3) is 5.91 Å². The summed E-state index contributed by atoms with van der Waals surface area (Å²) < 4.78 is 14.5. The van der Waals surface area contributed by atoms with Gasteiger partial charge in [0, 0.05) is 65.2 Å². The van der Waals surface area contributed by atoms with Crippen molar-refractivity contribution in [2.24, 2.45) is 10.8 Å². The Labute approximate surface area is 232 Å². The molecular weight excluding hydrogens is 514 g/mol. The molecule has 2 saturated heterocycles. The average Bonchev–Trinajstić information content (AvgIpc) is 3.23. The van der Waals surface area contributed by atoms with Crippen molar-refractivity contribution in [1.29, 1.82) is 0 Å². The van der Waals surface area contributed by atoms with E-state index >= 15 is 0 Å². The lowest BCUT2D eigenvalue weighted by molar-refractivity contribution is -0.130. The van der Waals surface area contributed by atoms with Crippen molar-refractivity contribution in [2.75, 3.05) is 65.6 Å². The largest absolute Gasteiger partial charge is 0.380 e. The Morgan fingerprint density at radius 2 is 1.98 bits per heavy atom. The third-order valence-corrected chi connectivity index (χ3v) is 7.09. The predicted octanol–water partition coefficient (Wildman–Crippen LogP) is -0.552. The molecule has 4 heterocycles. The summed E-state index contributed by atoms with van der Waals surface area (Å²) in [6.45, 7) is 7.55. The van der Waals surface area contributed by atoms with E-state index in [1.807, 2.05) is 30.3 Å². The number of ether oxygens (including phenoxy) is 2. The Hall–Kier alpha value is -3.55. The molecule has 0 radical (unpaired) electrons. The maximum absolute atomic E-state index is 13.6. The number of nitrogens with zero attached hydrogens (tertiary/aromatic N) is 5. The SMILES string of the molecule is NNC(OCC(=O)NC1=C=C(N2CCNCC2)C=CN=C1)n1c(=O)n(CCN2CCCOCC2)c2ccccc21. The Morgan fingerprint density at radius 3 is 2.80 bits per heavy atom. The van der Waals surface area contributed by atoms with Crippen molar-refractivity contribution >= 4 is 23.2 Å². The van der Waals surface area contributed by atoms with E-state index in [4.69, 9.17) is 15.3 Å². The summed E-state index contributed by atoms with van der Waals surface area (Å²) in [5, 5.41) is 6.11. The molecule has 13 heteroatoms. The first-order valence-electron chi connectivity index (χ1n) is 13.7. The van der Waals surface area contributed by atoms with E-state index in [-0.39, 0.29) is 12.3 Å². The van der Waals surface area contributed by atoms with Gasteiger partial charge >= 0.3 is 5.69 Å². The topological polar surface area (TPSA) is 143 Å². The molecule has 40 heavy (non-hydrogen) atoms. The number of hydrogen-bond acceptors (Lipinski definition) is 10. The predicted molar refractivity (Wildman–Crippen MR) is 151 cm³/mol. The minimum absolute atomic E-state index is 0.274. The maximum Gasteiger partial charge on any atom is 0.332 e. The number of hydrazine groups is 1. The molecular formula is C27H37N9O4. The molecule has 1 aromatic carbocycles. The van der Waals surface area contributed by atoms with Crippen LogP contribution < -0.4 is 27.6 Å². The van der Waals surface area contributed by atoms with Gasteiger partial charge in [-0.3, -0.25) is 29.7 Å². The van der Waals surface area contributed by atoms with Crippen LogP contribution in [0.2, 0.25) is 0 Å². The second kappa shape index (κ2) is 13.7. The Kier molecular flexibility index (Phi) is 9.58. The average molecular weight is 552 g/mol. The van der Waals surface area contributed by atoms with Gasteiger partial charge in [-0.1, -0.05) is 17.9 Å². The van der Waals surface area contributed by atoms with Crippen LogP contribution in [0.15, 0.2) is 63.5 Å². The number of benzene rings is 1. The molecule has 1 unspecified atom stereocenters. The molecule has 2 aromatic rings. The quantitative estimate of drug-likeness (QED) is 0.132. The number of fused-ring (bicyclic) bond motifs is 1. The first-order chi connectivity index (χ1) is 19.6.